The predicted molar refractivity (Wildman–Crippen MR) is 77.1 cm³/mol. The number of nitrogens with zero attached hydrogens (tertiary/aromatic N) is 2. The van der Waals surface area contributed by atoms with E-state index in [-0.39, 0.29) is 0 Å². The van der Waals surface area contributed by atoms with Gasteiger partial charge in [0.25, 0.3) is 0 Å². The van der Waals surface area contributed by atoms with Crippen LogP contribution < -0.4 is 0 Å². The van der Waals surface area contributed by atoms with Crippen molar-refractivity contribution >= 4 is 0 Å². The lowest BCUT2D eigenvalue weighted by Gasteiger charge is -2.19. The van der Waals surface area contributed by atoms with Crippen molar-refractivity contribution in [2.45, 2.75) is 44.4 Å². The number of aromatic nitrogens is 2. The van der Waals surface area contributed by atoms with Gasteiger partial charge in [-0.15, -0.1) is 0 Å². The van der Waals surface area contributed by atoms with Crippen LogP contribution in [0.25, 0.3) is 0 Å². The monoisotopic (exact) mass is 252 g/mol. The molecule has 0 radical (unpaired) electrons. The van der Waals surface area contributed by atoms with Gasteiger partial charge in [0.15, 0.2) is 0 Å². The van der Waals surface area contributed by atoms with Crippen molar-refractivity contribution in [1.29, 1.82) is 0 Å². The van der Waals surface area contributed by atoms with E-state index in [0.717, 1.165) is 12.2 Å². The fraction of sp³-hybridized carbons (Fsp3) is 0.412. The molecule has 1 saturated carbocycles. The van der Waals surface area contributed by atoms with Crippen molar-refractivity contribution in [2.75, 3.05) is 0 Å². The van der Waals surface area contributed by atoms with E-state index in [0.29, 0.717) is 5.92 Å². The summed E-state index contributed by atoms with van der Waals surface area (Å²) in [6.45, 7) is 0. The average Bonchev–Trinajstić information content (AvgIpc) is 2.50. The number of hydrogen-bond donors (Lipinski definition) is 0. The first kappa shape index (κ1) is 12.3. The van der Waals surface area contributed by atoms with Gasteiger partial charge in [-0.25, -0.2) is 9.97 Å². The van der Waals surface area contributed by atoms with E-state index in [4.69, 9.17) is 0 Å². The normalized spacial score (nSPS) is 16.4. The summed E-state index contributed by atoms with van der Waals surface area (Å²) in [7, 11) is 0. The quantitative estimate of drug-likeness (QED) is 0.821. The second-order valence-electron chi connectivity index (χ2n) is 5.45. The molecular formula is C17H20N2. The van der Waals surface area contributed by atoms with Gasteiger partial charge >= 0.3 is 0 Å². The van der Waals surface area contributed by atoms with Crippen molar-refractivity contribution in [2.24, 2.45) is 0 Å². The minimum absolute atomic E-state index is 0.597. The summed E-state index contributed by atoms with van der Waals surface area (Å²) in [6.07, 6.45) is 11.5. The van der Waals surface area contributed by atoms with E-state index in [1.807, 2.05) is 18.5 Å². The summed E-state index contributed by atoms with van der Waals surface area (Å²) >= 11 is 0. The Labute approximate surface area is 114 Å². The molecule has 1 fully saturated rings. The molecule has 0 N–H and O–H groups in total. The van der Waals surface area contributed by atoms with E-state index in [2.05, 4.69) is 34.2 Å². The van der Waals surface area contributed by atoms with Gasteiger partial charge in [0.05, 0.1) is 0 Å². The molecule has 0 bridgehead atoms. The topological polar surface area (TPSA) is 25.8 Å². The van der Waals surface area contributed by atoms with E-state index < -0.39 is 0 Å². The van der Waals surface area contributed by atoms with Gasteiger partial charge in [-0.05, 0) is 24.0 Å². The molecule has 1 aromatic heterocycles. The zero-order chi connectivity index (χ0) is 12.9. The average molecular weight is 252 g/mol. The Kier molecular flexibility index (Phi) is 3.87. The summed E-state index contributed by atoms with van der Waals surface area (Å²) in [5, 5.41) is 0. The van der Waals surface area contributed by atoms with Crippen molar-refractivity contribution in [1.82, 2.24) is 9.97 Å². The summed E-state index contributed by atoms with van der Waals surface area (Å²) < 4.78 is 0. The number of rotatable bonds is 3. The molecule has 2 aromatic rings. The second-order valence-corrected chi connectivity index (χ2v) is 5.45. The van der Waals surface area contributed by atoms with Gasteiger partial charge in [0.1, 0.15) is 5.82 Å². The smallest absolute Gasteiger partial charge is 0.131 e. The van der Waals surface area contributed by atoms with E-state index in [1.54, 1.807) is 0 Å². The molecule has 3 rings (SSSR count). The third-order valence-corrected chi connectivity index (χ3v) is 3.95. The highest BCUT2D eigenvalue weighted by molar-refractivity contribution is 5.22. The first-order valence-corrected chi connectivity index (χ1v) is 7.26. The van der Waals surface area contributed by atoms with Gasteiger partial charge in [0, 0.05) is 24.7 Å². The molecule has 98 valence electrons. The minimum atomic E-state index is 0.597. The highest BCUT2D eigenvalue weighted by Gasteiger charge is 2.17. The molecule has 2 heteroatoms. The predicted octanol–water partition coefficient (Wildman–Crippen LogP) is 4.12. The molecule has 19 heavy (non-hydrogen) atoms. The third-order valence-electron chi connectivity index (χ3n) is 3.95. The summed E-state index contributed by atoms with van der Waals surface area (Å²) in [6, 6.07) is 10.5. The first-order chi connectivity index (χ1) is 9.42. The van der Waals surface area contributed by atoms with Gasteiger partial charge in [0.2, 0.25) is 0 Å². The van der Waals surface area contributed by atoms with Crippen LogP contribution in [0, 0.1) is 0 Å². The lowest BCUT2D eigenvalue weighted by molar-refractivity contribution is 0.428. The minimum Gasteiger partial charge on any atom is -0.241 e. The summed E-state index contributed by atoms with van der Waals surface area (Å²) in [5.74, 6) is 1.65. The van der Waals surface area contributed by atoms with Crippen molar-refractivity contribution in [3.8, 4) is 0 Å². The number of benzene rings is 1. The summed E-state index contributed by atoms with van der Waals surface area (Å²) in [4.78, 5) is 9.17. The standard InChI is InChI=1S/C17H20N2/c1-3-7-14(8-4-1)11-15-12-18-17(19-13-15)16-9-5-2-6-10-16/h1,3-4,7-8,12-13,16H,2,5-6,9-11H2. The molecule has 1 aliphatic carbocycles. The van der Waals surface area contributed by atoms with Gasteiger partial charge in [-0.2, -0.15) is 0 Å². The molecule has 0 atom stereocenters. The van der Waals surface area contributed by atoms with Crippen LogP contribution in [0.4, 0.5) is 0 Å². The summed E-state index contributed by atoms with van der Waals surface area (Å²) in [5.41, 5.74) is 2.52. The van der Waals surface area contributed by atoms with E-state index >= 15 is 0 Å². The van der Waals surface area contributed by atoms with E-state index in [1.165, 1.54) is 43.2 Å². The first-order valence-electron chi connectivity index (χ1n) is 7.26. The maximum atomic E-state index is 4.59. The van der Waals surface area contributed by atoms with Crippen LogP contribution in [0.3, 0.4) is 0 Å². The Morgan fingerprint density at radius 3 is 2.21 bits per heavy atom. The Morgan fingerprint density at radius 2 is 1.53 bits per heavy atom. The largest absolute Gasteiger partial charge is 0.241 e. The molecule has 1 aromatic carbocycles. The van der Waals surface area contributed by atoms with Crippen LogP contribution >= 0.6 is 0 Å². The van der Waals surface area contributed by atoms with Crippen LogP contribution in [0.1, 0.15) is 55.0 Å². The van der Waals surface area contributed by atoms with Crippen molar-refractivity contribution < 1.29 is 0 Å². The van der Waals surface area contributed by atoms with E-state index in [9.17, 15) is 0 Å². The lowest BCUT2D eigenvalue weighted by Crippen LogP contribution is -2.08. The Hall–Kier alpha value is -1.70. The molecule has 0 unspecified atom stereocenters. The molecule has 1 aliphatic rings. The third kappa shape index (κ3) is 3.19. The Bertz CT molecular complexity index is 499. The van der Waals surface area contributed by atoms with Crippen LogP contribution in [0.5, 0.6) is 0 Å². The molecule has 0 spiro atoms. The molecule has 0 aliphatic heterocycles. The van der Waals surface area contributed by atoms with Crippen LogP contribution in [0.2, 0.25) is 0 Å². The van der Waals surface area contributed by atoms with Gasteiger partial charge in [-0.1, -0.05) is 49.6 Å². The fourth-order valence-corrected chi connectivity index (χ4v) is 2.86. The lowest BCUT2D eigenvalue weighted by atomic mass is 9.88. The van der Waals surface area contributed by atoms with Crippen molar-refractivity contribution in [3.05, 3.63) is 59.7 Å². The molecule has 2 nitrogen and oxygen atoms in total. The maximum absolute atomic E-state index is 4.59. The SMILES string of the molecule is c1ccc(Cc2cnc(C3CCCCC3)nc2)cc1. The van der Waals surface area contributed by atoms with Crippen LogP contribution in [-0.2, 0) is 6.42 Å². The van der Waals surface area contributed by atoms with Crippen LogP contribution in [-0.4, -0.2) is 9.97 Å². The maximum Gasteiger partial charge on any atom is 0.131 e. The molecular weight excluding hydrogens is 232 g/mol. The molecule has 1 heterocycles. The Morgan fingerprint density at radius 1 is 0.842 bits per heavy atom. The molecule has 0 saturated heterocycles. The van der Waals surface area contributed by atoms with Crippen molar-refractivity contribution in [3.63, 3.8) is 0 Å². The van der Waals surface area contributed by atoms with Gasteiger partial charge < -0.3 is 0 Å². The highest BCUT2D eigenvalue weighted by atomic mass is 14.9. The zero-order valence-corrected chi connectivity index (χ0v) is 11.3. The van der Waals surface area contributed by atoms with Crippen LogP contribution in [0.15, 0.2) is 42.7 Å². The van der Waals surface area contributed by atoms with Gasteiger partial charge in [-0.3, -0.25) is 0 Å². The zero-order valence-electron chi connectivity index (χ0n) is 11.3. The Balaban J connectivity index is 1.68. The fourth-order valence-electron chi connectivity index (χ4n) is 2.86. The highest BCUT2D eigenvalue weighted by Crippen LogP contribution is 2.30. The molecule has 0 amide bonds. The number of hydrogen-bond acceptors (Lipinski definition) is 2. The second kappa shape index (κ2) is 5.96.